The average Bonchev–Trinajstić information content (AvgIpc) is 2.77. The molecule has 1 aromatic rings. The Morgan fingerprint density at radius 2 is 2.07 bits per heavy atom. The van der Waals surface area contributed by atoms with E-state index in [9.17, 15) is 14.0 Å². The molecule has 6 nitrogen and oxygen atoms in total. The monoisotopic (exact) mass is 375 g/mol. The van der Waals surface area contributed by atoms with E-state index in [4.69, 9.17) is 4.74 Å². The van der Waals surface area contributed by atoms with E-state index < -0.39 is 5.82 Å². The van der Waals surface area contributed by atoms with E-state index in [0.29, 0.717) is 51.4 Å². The molecule has 0 bridgehead atoms. The van der Waals surface area contributed by atoms with E-state index in [1.54, 1.807) is 4.90 Å². The van der Waals surface area contributed by atoms with Gasteiger partial charge in [-0.25, -0.2) is 4.39 Å². The van der Waals surface area contributed by atoms with Gasteiger partial charge in [-0.15, -0.1) is 0 Å². The lowest BCUT2D eigenvalue weighted by Crippen LogP contribution is -2.53. The van der Waals surface area contributed by atoms with E-state index >= 15 is 0 Å². The van der Waals surface area contributed by atoms with Crippen molar-refractivity contribution >= 4 is 11.8 Å². The second kappa shape index (κ2) is 7.54. The number of hydrogen-bond acceptors (Lipinski definition) is 4. The number of likely N-dealkylation sites (tertiary alicyclic amines) is 1. The van der Waals surface area contributed by atoms with Crippen molar-refractivity contribution in [3.05, 3.63) is 29.8 Å². The molecular weight excluding hydrogens is 349 g/mol. The summed E-state index contributed by atoms with van der Waals surface area (Å²) in [4.78, 5) is 32.5. The molecule has 0 radical (unpaired) electrons. The van der Waals surface area contributed by atoms with E-state index in [-0.39, 0.29) is 23.0 Å². The fraction of sp³-hybridized carbons (Fsp3) is 0.650. The van der Waals surface area contributed by atoms with Crippen molar-refractivity contribution in [2.45, 2.75) is 44.1 Å². The van der Waals surface area contributed by atoms with Crippen LogP contribution in [0.15, 0.2) is 18.5 Å². The Bertz CT molecular complexity index is 714. The Morgan fingerprint density at radius 1 is 1.30 bits per heavy atom. The van der Waals surface area contributed by atoms with Crippen LogP contribution >= 0.6 is 0 Å². The minimum Gasteiger partial charge on any atom is -0.372 e. The third kappa shape index (κ3) is 3.98. The van der Waals surface area contributed by atoms with Crippen LogP contribution in [0.1, 0.15) is 48.9 Å². The zero-order valence-corrected chi connectivity index (χ0v) is 15.5. The lowest BCUT2D eigenvalue weighted by atomic mass is 9.84. The molecule has 0 unspecified atom stereocenters. The molecule has 0 atom stereocenters. The molecule has 2 amide bonds. The molecular formula is C20H26FN3O3. The van der Waals surface area contributed by atoms with E-state index in [1.807, 2.05) is 4.90 Å². The normalized spacial score (nSPS) is 23.2. The van der Waals surface area contributed by atoms with Crippen molar-refractivity contribution in [2.75, 3.05) is 32.8 Å². The fourth-order valence-corrected chi connectivity index (χ4v) is 4.28. The lowest BCUT2D eigenvalue weighted by Gasteiger charge is -2.43. The third-order valence-corrected chi connectivity index (χ3v) is 6.17. The van der Waals surface area contributed by atoms with Crippen LogP contribution in [0.4, 0.5) is 4.39 Å². The standard InChI is InChI=1S/C20H26FN3O3/c21-17-10-16(11-22-12-17)19(26)23-7-5-20(6-8-23)14-24(13-15-2-1-3-15)18(25)4-9-27-20/h10-12,15H,1-9,13-14H2. The van der Waals surface area contributed by atoms with Crippen molar-refractivity contribution in [2.24, 2.45) is 5.92 Å². The van der Waals surface area contributed by atoms with Gasteiger partial charge in [0.1, 0.15) is 5.82 Å². The first-order valence-corrected chi connectivity index (χ1v) is 9.86. The maximum atomic E-state index is 13.4. The molecule has 1 saturated carbocycles. The van der Waals surface area contributed by atoms with E-state index in [0.717, 1.165) is 12.7 Å². The summed E-state index contributed by atoms with van der Waals surface area (Å²) in [5.74, 6) is 0.105. The topological polar surface area (TPSA) is 62.7 Å². The summed E-state index contributed by atoms with van der Waals surface area (Å²) in [6.07, 6.45) is 7.99. The summed E-state index contributed by atoms with van der Waals surface area (Å²) in [5, 5.41) is 0. The summed E-state index contributed by atoms with van der Waals surface area (Å²) in [5.41, 5.74) is -0.0955. The molecule has 3 aliphatic rings. The van der Waals surface area contributed by atoms with Crippen LogP contribution in [-0.2, 0) is 9.53 Å². The molecule has 146 valence electrons. The zero-order valence-electron chi connectivity index (χ0n) is 15.5. The van der Waals surface area contributed by atoms with Crippen LogP contribution in [0.3, 0.4) is 0 Å². The molecule has 4 rings (SSSR count). The number of carbonyl (C=O) groups is 2. The van der Waals surface area contributed by atoms with Crippen molar-refractivity contribution in [1.29, 1.82) is 0 Å². The Balaban J connectivity index is 1.40. The van der Waals surface area contributed by atoms with Gasteiger partial charge in [-0.2, -0.15) is 0 Å². The predicted octanol–water partition coefficient (Wildman–Crippen LogP) is 2.24. The van der Waals surface area contributed by atoms with E-state index in [2.05, 4.69) is 4.98 Å². The summed E-state index contributed by atoms with van der Waals surface area (Å²) in [6.45, 7) is 2.98. The third-order valence-electron chi connectivity index (χ3n) is 6.17. The van der Waals surface area contributed by atoms with Crippen molar-refractivity contribution in [3.8, 4) is 0 Å². The molecule has 1 aliphatic carbocycles. The zero-order chi connectivity index (χ0) is 18.9. The number of hydrogen-bond donors (Lipinski definition) is 0. The number of aromatic nitrogens is 1. The first-order valence-electron chi connectivity index (χ1n) is 9.86. The maximum absolute atomic E-state index is 13.4. The fourth-order valence-electron chi connectivity index (χ4n) is 4.28. The molecule has 0 aromatic carbocycles. The number of ether oxygens (including phenoxy) is 1. The SMILES string of the molecule is O=C1CCOC2(CCN(C(=O)c3cncc(F)c3)CC2)CN1CC1CCC1. The van der Waals surface area contributed by atoms with Gasteiger partial charge in [0.15, 0.2) is 0 Å². The Hall–Kier alpha value is -2.02. The quantitative estimate of drug-likeness (QED) is 0.813. The number of amides is 2. The Labute approximate surface area is 158 Å². The predicted molar refractivity (Wildman–Crippen MR) is 96.6 cm³/mol. The van der Waals surface area contributed by atoms with Crippen LogP contribution < -0.4 is 0 Å². The first-order chi connectivity index (χ1) is 13.0. The lowest BCUT2D eigenvalue weighted by molar-refractivity contribution is -0.133. The van der Waals surface area contributed by atoms with Crippen molar-refractivity contribution < 1.29 is 18.7 Å². The highest BCUT2D eigenvalue weighted by Gasteiger charge is 2.42. The highest BCUT2D eigenvalue weighted by Crippen LogP contribution is 2.33. The second-order valence-electron chi connectivity index (χ2n) is 8.04. The highest BCUT2D eigenvalue weighted by atomic mass is 19.1. The van der Waals surface area contributed by atoms with Crippen LogP contribution in [-0.4, -0.2) is 65.0 Å². The first kappa shape index (κ1) is 18.3. The average molecular weight is 375 g/mol. The van der Waals surface area contributed by atoms with Crippen LogP contribution in [0.5, 0.6) is 0 Å². The molecule has 27 heavy (non-hydrogen) atoms. The number of piperidine rings is 1. The van der Waals surface area contributed by atoms with Gasteiger partial charge in [0.05, 0.1) is 30.4 Å². The number of halogens is 1. The van der Waals surface area contributed by atoms with Crippen LogP contribution in [0.2, 0.25) is 0 Å². The molecule has 0 N–H and O–H groups in total. The summed E-state index contributed by atoms with van der Waals surface area (Å²) in [6, 6.07) is 1.22. The van der Waals surface area contributed by atoms with Crippen LogP contribution in [0, 0.1) is 11.7 Å². The Kier molecular flexibility index (Phi) is 5.12. The molecule has 3 fully saturated rings. The molecule has 1 aromatic heterocycles. The van der Waals surface area contributed by atoms with Crippen molar-refractivity contribution in [1.82, 2.24) is 14.8 Å². The molecule has 2 aliphatic heterocycles. The number of carbonyl (C=O) groups excluding carboxylic acids is 2. The van der Waals surface area contributed by atoms with Gasteiger partial charge in [-0.3, -0.25) is 14.6 Å². The van der Waals surface area contributed by atoms with Crippen LogP contribution in [0.25, 0.3) is 0 Å². The largest absolute Gasteiger partial charge is 0.372 e. The Morgan fingerprint density at radius 3 is 2.74 bits per heavy atom. The van der Waals surface area contributed by atoms with Crippen molar-refractivity contribution in [3.63, 3.8) is 0 Å². The van der Waals surface area contributed by atoms with Gasteiger partial charge in [0, 0.05) is 32.4 Å². The van der Waals surface area contributed by atoms with Gasteiger partial charge in [-0.1, -0.05) is 6.42 Å². The van der Waals surface area contributed by atoms with Gasteiger partial charge in [0.2, 0.25) is 5.91 Å². The van der Waals surface area contributed by atoms with E-state index in [1.165, 1.54) is 31.5 Å². The van der Waals surface area contributed by atoms with Gasteiger partial charge in [-0.05, 0) is 37.7 Å². The highest BCUT2D eigenvalue weighted by molar-refractivity contribution is 5.94. The smallest absolute Gasteiger partial charge is 0.255 e. The summed E-state index contributed by atoms with van der Waals surface area (Å²) in [7, 11) is 0. The molecule has 7 heteroatoms. The minimum atomic E-state index is -0.508. The van der Waals surface area contributed by atoms with Gasteiger partial charge >= 0.3 is 0 Å². The van der Waals surface area contributed by atoms with Gasteiger partial charge < -0.3 is 14.5 Å². The molecule has 1 spiro atoms. The molecule has 3 heterocycles. The van der Waals surface area contributed by atoms with Gasteiger partial charge in [0.25, 0.3) is 5.91 Å². The molecule has 2 saturated heterocycles. The number of pyridine rings is 1. The summed E-state index contributed by atoms with van der Waals surface area (Å²) >= 11 is 0. The summed E-state index contributed by atoms with van der Waals surface area (Å²) < 4.78 is 19.5. The number of rotatable bonds is 3. The maximum Gasteiger partial charge on any atom is 0.255 e. The minimum absolute atomic E-state index is 0.183. The number of nitrogens with zero attached hydrogens (tertiary/aromatic N) is 3. The second-order valence-corrected chi connectivity index (χ2v) is 8.04.